The number of carbonyl (C=O) groups is 2. The molecule has 2 aromatic rings. The SMILES string of the molecule is COc1ccc(ON2C[C@@H]2[C@H](NC(=O)OCc2ccccc2)C(N)=O)cc1. The van der Waals surface area contributed by atoms with Crippen LogP contribution in [0.5, 0.6) is 11.5 Å². The number of rotatable bonds is 8. The van der Waals surface area contributed by atoms with Crippen LogP contribution in [0.1, 0.15) is 5.56 Å². The number of primary amides is 1. The fourth-order valence-corrected chi connectivity index (χ4v) is 2.53. The molecule has 0 spiro atoms. The molecule has 3 N–H and O–H groups in total. The number of methoxy groups -OCH3 is 1. The van der Waals surface area contributed by atoms with Gasteiger partial charge in [0.1, 0.15) is 24.1 Å². The summed E-state index contributed by atoms with van der Waals surface area (Å²) < 4.78 is 10.2. The van der Waals surface area contributed by atoms with Gasteiger partial charge in [0.2, 0.25) is 5.91 Å². The van der Waals surface area contributed by atoms with Gasteiger partial charge in [0.25, 0.3) is 0 Å². The van der Waals surface area contributed by atoms with E-state index in [-0.39, 0.29) is 12.6 Å². The molecule has 1 aliphatic heterocycles. The Kier molecular flexibility index (Phi) is 5.77. The van der Waals surface area contributed by atoms with E-state index >= 15 is 0 Å². The summed E-state index contributed by atoms with van der Waals surface area (Å²) in [7, 11) is 1.58. The molecular formula is C19H21N3O5. The lowest BCUT2D eigenvalue weighted by atomic mass is 10.2. The molecular weight excluding hydrogens is 350 g/mol. The molecule has 1 aliphatic rings. The first-order valence-electron chi connectivity index (χ1n) is 8.42. The van der Waals surface area contributed by atoms with Crippen LogP contribution < -0.4 is 20.6 Å². The van der Waals surface area contributed by atoms with Crippen LogP contribution in [0.15, 0.2) is 54.6 Å². The average Bonchev–Trinajstić information content (AvgIpc) is 3.44. The van der Waals surface area contributed by atoms with Crippen molar-refractivity contribution >= 4 is 12.0 Å². The van der Waals surface area contributed by atoms with Crippen molar-refractivity contribution in [2.24, 2.45) is 5.73 Å². The summed E-state index contributed by atoms with van der Waals surface area (Å²) in [6.07, 6.45) is -0.709. The summed E-state index contributed by atoms with van der Waals surface area (Å²) in [5.74, 6) is 0.646. The molecule has 27 heavy (non-hydrogen) atoms. The predicted octanol–water partition coefficient (Wildman–Crippen LogP) is 1.45. The Bertz CT molecular complexity index is 782. The molecule has 0 aromatic heterocycles. The Morgan fingerprint density at radius 1 is 1.15 bits per heavy atom. The number of ether oxygens (including phenoxy) is 2. The molecule has 1 fully saturated rings. The average molecular weight is 371 g/mol. The summed E-state index contributed by atoms with van der Waals surface area (Å²) in [4.78, 5) is 29.4. The number of nitrogens with two attached hydrogens (primary N) is 1. The second-order valence-corrected chi connectivity index (χ2v) is 6.02. The molecule has 2 amide bonds. The number of hydroxylamine groups is 2. The van der Waals surface area contributed by atoms with E-state index in [1.165, 1.54) is 0 Å². The number of carbonyl (C=O) groups excluding carboxylic acids is 2. The van der Waals surface area contributed by atoms with Crippen molar-refractivity contribution in [3.05, 3.63) is 60.2 Å². The van der Waals surface area contributed by atoms with Gasteiger partial charge in [-0.05, 0) is 29.8 Å². The highest BCUT2D eigenvalue weighted by molar-refractivity contribution is 5.85. The van der Waals surface area contributed by atoms with Gasteiger partial charge in [0.05, 0.1) is 19.7 Å². The summed E-state index contributed by atoms with van der Waals surface area (Å²) in [5, 5.41) is 4.07. The highest BCUT2D eigenvalue weighted by Crippen LogP contribution is 2.26. The molecule has 8 nitrogen and oxygen atoms in total. The van der Waals surface area contributed by atoms with Gasteiger partial charge in [0.15, 0.2) is 0 Å². The van der Waals surface area contributed by atoms with Gasteiger partial charge in [-0.1, -0.05) is 30.3 Å². The van der Waals surface area contributed by atoms with Crippen LogP contribution in [-0.4, -0.2) is 42.8 Å². The number of amides is 2. The maximum Gasteiger partial charge on any atom is 0.408 e. The summed E-state index contributed by atoms with van der Waals surface area (Å²) in [5.41, 5.74) is 6.27. The number of benzene rings is 2. The molecule has 2 aromatic carbocycles. The van der Waals surface area contributed by atoms with Gasteiger partial charge in [-0.15, -0.1) is 5.06 Å². The Labute approximate surface area is 156 Å². The molecule has 8 heteroatoms. The van der Waals surface area contributed by atoms with E-state index in [1.54, 1.807) is 36.4 Å². The highest BCUT2D eigenvalue weighted by Gasteiger charge is 2.47. The standard InChI is InChI=1S/C19H21N3O5/c1-25-14-7-9-15(10-8-14)27-22-11-16(22)17(18(20)23)21-19(24)26-12-13-5-3-2-4-6-13/h2-10,16-17H,11-12H2,1H3,(H2,20,23)(H,21,24)/t16-,17+,22?/m1/s1. The van der Waals surface area contributed by atoms with Crippen molar-refractivity contribution in [1.29, 1.82) is 0 Å². The minimum atomic E-state index is -0.911. The Morgan fingerprint density at radius 2 is 1.81 bits per heavy atom. The van der Waals surface area contributed by atoms with Gasteiger partial charge in [-0.2, -0.15) is 0 Å². The number of hydrogen-bond donors (Lipinski definition) is 2. The van der Waals surface area contributed by atoms with Crippen LogP contribution in [-0.2, 0) is 16.1 Å². The fraction of sp³-hybridized carbons (Fsp3) is 0.263. The van der Waals surface area contributed by atoms with Crippen molar-refractivity contribution in [2.45, 2.75) is 18.7 Å². The zero-order valence-corrected chi connectivity index (χ0v) is 14.8. The van der Waals surface area contributed by atoms with Crippen molar-refractivity contribution < 1.29 is 23.9 Å². The van der Waals surface area contributed by atoms with Crippen LogP contribution in [0.2, 0.25) is 0 Å². The smallest absolute Gasteiger partial charge is 0.408 e. The van der Waals surface area contributed by atoms with Gasteiger partial charge in [0, 0.05) is 0 Å². The molecule has 1 heterocycles. The third-order valence-corrected chi connectivity index (χ3v) is 4.06. The number of alkyl carbamates (subject to hydrolysis) is 1. The second-order valence-electron chi connectivity index (χ2n) is 6.02. The van der Waals surface area contributed by atoms with Crippen molar-refractivity contribution in [3.8, 4) is 11.5 Å². The maximum atomic E-state index is 12.0. The zero-order valence-electron chi connectivity index (χ0n) is 14.8. The Hall–Kier alpha value is -3.26. The molecule has 0 saturated carbocycles. The third kappa shape index (κ3) is 5.11. The van der Waals surface area contributed by atoms with Crippen LogP contribution in [0.25, 0.3) is 0 Å². The lowest BCUT2D eigenvalue weighted by molar-refractivity contribution is -0.120. The van der Waals surface area contributed by atoms with Crippen LogP contribution in [0.3, 0.4) is 0 Å². The normalized spacial score (nSPS) is 18.9. The summed E-state index contributed by atoms with van der Waals surface area (Å²) in [6, 6.07) is 15.0. The first kappa shape index (κ1) is 18.5. The predicted molar refractivity (Wildman–Crippen MR) is 96.9 cm³/mol. The van der Waals surface area contributed by atoms with Crippen LogP contribution in [0, 0.1) is 0 Å². The lowest BCUT2D eigenvalue weighted by Gasteiger charge is -2.16. The maximum absolute atomic E-state index is 12.0. The van der Waals surface area contributed by atoms with Crippen molar-refractivity contribution in [3.63, 3.8) is 0 Å². The molecule has 3 rings (SSSR count). The highest BCUT2D eigenvalue weighted by atomic mass is 16.7. The first-order valence-corrected chi connectivity index (χ1v) is 8.42. The van der Waals surface area contributed by atoms with Crippen LogP contribution >= 0.6 is 0 Å². The first-order chi connectivity index (χ1) is 13.1. The van der Waals surface area contributed by atoms with Crippen LogP contribution in [0.4, 0.5) is 4.79 Å². The molecule has 142 valence electrons. The number of nitrogens with zero attached hydrogens (tertiary/aromatic N) is 1. The topological polar surface area (TPSA) is 103 Å². The summed E-state index contributed by atoms with van der Waals surface area (Å²) >= 11 is 0. The van der Waals surface area contributed by atoms with E-state index in [0.717, 1.165) is 5.56 Å². The number of hydrogen-bond acceptors (Lipinski definition) is 6. The molecule has 0 aliphatic carbocycles. The van der Waals surface area contributed by atoms with E-state index in [9.17, 15) is 9.59 Å². The Morgan fingerprint density at radius 3 is 2.44 bits per heavy atom. The summed E-state index contributed by atoms with van der Waals surface area (Å²) in [6.45, 7) is 0.563. The molecule has 1 saturated heterocycles. The van der Waals surface area contributed by atoms with Crippen molar-refractivity contribution in [1.82, 2.24) is 10.4 Å². The molecule has 0 radical (unpaired) electrons. The van der Waals surface area contributed by atoms with E-state index in [4.69, 9.17) is 20.0 Å². The monoisotopic (exact) mass is 371 g/mol. The second kappa shape index (κ2) is 8.41. The van der Waals surface area contributed by atoms with E-state index < -0.39 is 18.0 Å². The minimum absolute atomic E-state index is 0.106. The minimum Gasteiger partial charge on any atom is -0.497 e. The van der Waals surface area contributed by atoms with Gasteiger partial charge in [-0.25, -0.2) is 4.79 Å². The van der Waals surface area contributed by atoms with Gasteiger partial charge < -0.3 is 25.4 Å². The molecule has 1 unspecified atom stereocenters. The van der Waals surface area contributed by atoms with Gasteiger partial charge >= 0.3 is 6.09 Å². The quantitative estimate of drug-likeness (QED) is 0.681. The number of nitrogens with one attached hydrogen (secondary N) is 1. The largest absolute Gasteiger partial charge is 0.497 e. The van der Waals surface area contributed by atoms with Gasteiger partial charge in [-0.3, -0.25) is 4.79 Å². The third-order valence-electron chi connectivity index (χ3n) is 4.06. The van der Waals surface area contributed by atoms with E-state index in [0.29, 0.717) is 18.0 Å². The lowest BCUT2D eigenvalue weighted by Crippen LogP contribution is -2.49. The molecule has 3 atom stereocenters. The zero-order chi connectivity index (χ0) is 19.2. The van der Waals surface area contributed by atoms with E-state index in [1.807, 2.05) is 30.3 Å². The van der Waals surface area contributed by atoms with Crippen molar-refractivity contribution in [2.75, 3.05) is 13.7 Å². The molecule has 0 bridgehead atoms. The van der Waals surface area contributed by atoms with E-state index in [2.05, 4.69) is 5.32 Å². The Balaban J connectivity index is 1.50. The fourth-order valence-electron chi connectivity index (χ4n) is 2.53.